The zero-order valence-corrected chi connectivity index (χ0v) is 13.8. The number of nitrogens with zero attached hydrogens (tertiary/aromatic N) is 2. The molecule has 0 bridgehead atoms. The first-order valence-corrected chi connectivity index (χ1v) is 7.96. The minimum atomic E-state index is 0.609. The zero-order valence-electron chi connectivity index (χ0n) is 13.8. The van der Waals surface area contributed by atoms with Gasteiger partial charge < -0.3 is 4.90 Å². The van der Waals surface area contributed by atoms with Crippen LogP contribution >= 0.6 is 0 Å². The van der Waals surface area contributed by atoms with Crippen LogP contribution in [0.2, 0.25) is 0 Å². The Morgan fingerprint density at radius 1 is 1.15 bits per heavy atom. The summed E-state index contributed by atoms with van der Waals surface area (Å²) in [5.41, 5.74) is 4.64. The highest BCUT2D eigenvalue weighted by molar-refractivity contribution is 5.37. The fourth-order valence-corrected chi connectivity index (χ4v) is 3.12. The Bertz CT molecular complexity index is 437. The third kappa shape index (κ3) is 3.62. The minimum absolute atomic E-state index is 0.609. The van der Waals surface area contributed by atoms with E-state index in [9.17, 15) is 0 Å². The summed E-state index contributed by atoms with van der Waals surface area (Å²) in [6.45, 7) is 6.85. The molecule has 2 nitrogen and oxygen atoms in total. The SMILES string of the molecule is CC(C)c1ccc2c(c1)C(N(C)CCN(C)C)CCC2. The summed E-state index contributed by atoms with van der Waals surface area (Å²) in [5, 5.41) is 0. The smallest absolute Gasteiger partial charge is 0.0348 e. The van der Waals surface area contributed by atoms with Gasteiger partial charge >= 0.3 is 0 Å². The van der Waals surface area contributed by atoms with Gasteiger partial charge in [0.2, 0.25) is 0 Å². The van der Waals surface area contributed by atoms with Gasteiger partial charge in [0.1, 0.15) is 0 Å². The Labute approximate surface area is 124 Å². The lowest BCUT2D eigenvalue weighted by Gasteiger charge is -2.34. The summed E-state index contributed by atoms with van der Waals surface area (Å²) in [7, 11) is 6.59. The lowest BCUT2D eigenvalue weighted by Crippen LogP contribution is -2.33. The Kier molecular flexibility index (Phi) is 5.22. The topological polar surface area (TPSA) is 6.48 Å². The first-order chi connectivity index (χ1) is 9.49. The number of aryl methyl sites for hydroxylation is 1. The van der Waals surface area contributed by atoms with Crippen molar-refractivity contribution in [3.63, 3.8) is 0 Å². The molecule has 0 N–H and O–H groups in total. The number of benzene rings is 1. The van der Waals surface area contributed by atoms with Crippen LogP contribution in [0.4, 0.5) is 0 Å². The fraction of sp³-hybridized carbons (Fsp3) is 0.667. The third-order valence-corrected chi connectivity index (χ3v) is 4.55. The van der Waals surface area contributed by atoms with Crippen LogP contribution in [0, 0.1) is 0 Å². The second-order valence-electron chi connectivity index (χ2n) is 6.80. The van der Waals surface area contributed by atoms with E-state index in [2.05, 4.69) is 63.0 Å². The Morgan fingerprint density at radius 3 is 2.55 bits per heavy atom. The number of rotatable bonds is 5. The van der Waals surface area contributed by atoms with Crippen LogP contribution < -0.4 is 0 Å². The van der Waals surface area contributed by atoms with Gasteiger partial charge in [0.15, 0.2) is 0 Å². The molecule has 0 radical (unpaired) electrons. The summed E-state index contributed by atoms with van der Waals surface area (Å²) < 4.78 is 0. The fourth-order valence-electron chi connectivity index (χ4n) is 3.12. The normalized spacial score (nSPS) is 18.9. The van der Waals surface area contributed by atoms with Crippen molar-refractivity contribution in [2.75, 3.05) is 34.2 Å². The molecule has 112 valence electrons. The van der Waals surface area contributed by atoms with Gasteiger partial charge in [0.25, 0.3) is 0 Å². The predicted molar refractivity (Wildman–Crippen MR) is 87.4 cm³/mol. The molecule has 0 fully saturated rings. The van der Waals surface area contributed by atoms with E-state index in [0.717, 1.165) is 13.1 Å². The molecule has 20 heavy (non-hydrogen) atoms. The molecule has 0 heterocycles. The Balaban J connectivity index is 2.19. The average molecular weight is 274 g/mol. The van der Waals surface area contributed by atoms with Gasteiger partial charge in [-0.2, -0.15) is 0 Å². The van der Waals surface area contributed by atoms with Crippen molar-refractivity contribution in [1.82, 2.24) is 9.80 Å². The van der Waals surface area contributed by atoms with Crippen molar-refractivity contribution >= 4 is 0 Å². The molecule has 0 saturated heterocycles. The van der Waals surface area contributed by atoms with Crippen molar-refractivity contribution in [3.8, 4) is 0 Å². The summed E-state index contributed by atoms with van der Waals surface area (Å²) in [6, 6.07) is 7.77. The van der Waals surface area contributed by atoms with E-state index in [1.807, 2.05) is 0 Å². The van der Waals surface area contributed by atoms with Gasteiger partial charge in [0.05, 0.1) is 0 Å². The molecule has 2 rings (SSSR count). The largest absolute Gasteiger partial charge is 0.308 e. The van der Waals surface area contributed by atoms with E-state index < -0.39 is 0 Å². The van der Waals surface area contributed by atoms with E-state index in [1.165, 1.54) is 24.8 Å². The van der Waals surface area contributed by atoms with Crippen molar-refractivity contribution < 1.29 is 0 Å². The van der Waals surface area contributed by atoms with Gasteiger partial charge in [-0.3, -0.25) is 4.90 Å². The van der Waals surface area contributed by atoms with E-state index in [0.29, 0.717) is 12.0 Å². The molecule has 1 aromatic rings. The van der Waals surface area contributed by atoms with Crippen LogP contribution in [0.5, 0.6) is 0 Å². The highest BCUT2D eigenvalue weighted by Gasteiger charge is 2.24. The number of fused-ring (bicyclic) bond motifs is 1. The minimum Gasteiger partial charge on any atom is -0.308 e. The van der Waals surface area contributed by atoms with Crippen LogP contribution in [0.15, 0.2) is 18.2 Å². The molecule has 0 saturated carbocycles. The number of hydrogen-bond donors (Lipinski definition) is 0. The molecule has 0 spiro atoms. The number of likely N-dealkylation sites (N-methyl/N-ethyl adjacent to an activating group) is 2. The Hall–Kier alpha value is -0.860. The summed E-state index contributed by atoms with van der Waals surface area (Å²) in [5.74, 6) is 0.620. The summed E-state index contributed by atoms with van der Waals surface area (Å²) in [4.78, 5) is 4.81. The zero-order chi connectivity index (χ0) is 14.7. The summed E-state index contributed by atoms with van der Waals surface area (Å²) in [6.07, 6.45) is 3.88. The molecular weight excluding hydrogens is 244 g/mol. The standard InChI is InChI=1S/C18H30N2/c1-14(2)16-10-9-15-7-6-8-18(17(15)13-16)20(5)12-11-19(3)4/h9-10,13-14,18H,6-8,11-12H2,1-5H3. The predicted octanol–water partition coefficient (Wildman–Crippen LogP) is 3.68. The van der Waals surface area contributed by atoms with Crippen molar-refractivity contribution in [3.05, 3.63) is 34.9 Å². The van der Waals surface area contributed by atoms with E-state index in [4.69, 9.17) is 0 Å². The molecule has 0 aliphatic heterocycles. The van der Waals surface area contributed by atoms with Crippen molar-refractivity contribution in [1.29, 1.82) is 0 Å². The van der Waals surface area contributed by atoms with Crippen LogP contribution in [0.1, 0.15) is 55.3 Å². The Morgan fingerprint density at radius 2 is 1.90 bits per heavy atom. The first-order valence-electron chi connectivity index (χ1n) is 7.96. The van der Waals surface area contributed by atoms with Crippen molar-refractivity contribution in [2.24, 2.45) is 0 Å². The van der Waals surface area contributed by atoms with Gasteiger partial charge in [0, 0.05) is 19.1 Å². The van der Waals surface area contributed by atoms with Gasteiger partial charge in [-0.05, 0) is 63.0 Å². The van der Waals surface area contributed by atoms with Crippen molar-refractivity contribution in [2.45, 2.75) is 45.1 Å². The highest BCUT2D eigenvalue weighted by atomic mass is 15.2. The molecule has 0 amide bonds. The summed E-state index contributed by atoms with van der Waals surface area (Å²) >= 11 is 0. The molecule has 1 aromatic carbocycles. The van der Waals surface area contributed by atoms with Gasteiger partial charge in [-0.15, -0.1) is 0 Å². The van der Waals surface area contributed by atoms with E-state index in [-0.39, 0.29) is 0 Å². The average Bonchev–Trinajstić information content (AvgIpc) is 2.43. The monoisotopic (exact) mass is 274 g/mol. The molecule has 2 heteroatoms. The van der Waals surface area contributed by atoms with E-state index in [1.54, 1.807) is 11.1 Å². The highest BCUT2D eigenvalue weighted by Crippen LogP contribution is 2.35. The third-order valence-electron chi connectivity index (χ3n) is 4.55. The molecule has 1 unspecified atom stereocenters. The van der Waals surface area contributed by atoms with Crippen LogP contribution in [0.25, 0.3) is 0 Å². The first kappa shape index (κ1) is 15.5. The van der Waals surface area contributed by atoms with E-state index >= 15 is 0 Å². The maximum Gasteiger partial charge on any atom is 0.0348 e. The lowest BCUT2D eigenvalue weighted by atomic mass is 9.84. The van der Waals surface area contributed by atoms with Gasteiger partial charge in [-0.25, -0.2) is 0 Å². The maximum atomic E-state index is 2.54. The second-order valence-corrected chi connectivity index (χ2v) is 6.80. The number of hydrogen-bond acceptors (Lipinski definition) is 2. The molecular formula is C18H30N2. The quantitative estimate of drug-likeness (QED) is 0.808. The second kappa shape index (κ2) is 6.73. The molecule has 1 atom stereocenters. The molecule has 1 aliphatic rings. The van der Waals surface area contributed by atoms with Gasteiger partial charge in [-0.1, -0.05) is 32.0 Å². The van der Waals surface area contributed by atoms with Crippen LogP contribution in [-0.2, 0) is 6.42 Å². The lowest BCUT2D eigenvalue weighted by molar-refractivity contribution is 0.200. The molecule has 0 aromatic heterocycles. The molecule has 1 aliphatic carbocycles. The van der Waals surface area contributed by atoms with Crippen LogP contribution in [0.3, 0.4) is 0 Å². The van der Waals surface area contributed by atoms with Crippen LogP contribution in [-0.4, -0.2) is 44.0 Å². The maximum absolute atomic E-state index is 2.54.